The maximum Gasteiger partial charge on any atom is 0.162 e. The minimum Gasteiger partial charge on any atom is -0.495 e. The first-order valence-electron chi connectivity index (χ1n) is 11.3. The van der Waals surface area contributed by atoms with Gasteiger partial charge < -0.3 is 24.0 Å². The summed E-state index contributed by atoms with van der Waals surface area (Å²) in [5, 5.41) is 1.01. The van der Waals surface area contributed by atoms with Gasteiger partial charge in [0.2, 0.25) is 0 Å². The molecule has 2 aliphatic rings. The lowest BCUT2D eigenvalue weighted by atomic mass is 10.1. The molecule has 3 aromatic rings. The number of para-hydroxylation sites is 2. The molecule has 7 heteroatoms. The first-order valence-corrected chi connectivity index (χ1v) is 11.3. The molecular formula is C25H30N4O3. The molecule has 1 saturated heterocycles. The second kappa shape index (κ2) is 8.73. The highest BCUT2D eigenvalue weighted by Crippen LogP contribution is 2.42. The van der Waals surface area contributed by atoms with Gasteiger partial charge in [0.15, 0.2) is 11.5 Å². The minimum absolute atomic E-state index is 0.475. The van der Waals surface area contributed by atoms with Gasteiger partial charge in [-0.1, -0.05) is 12.1 Å². The van der Waals surface area contributed by atoms with Crippen molar-refractivity contribution in [1.82, 2.24) is 9.97 Å². The summed E-state index contributed by atoms with van der Waals surface area (Å²) in [5.41, 5.74) is 2.06. The molecule has 1 aromatic heterocycles. The van der Waals surface area contributed by atoms with Gasteiger partial charge in [-0.3, -0.25) is 0 Å². The van der Waals surface area contributed by atoms with Crippen molar-refractivity contribution in [2.75, 3.05) is 57.3 Å². The van der Waals surface area contributed by atoms with Crippen LogP contribution in [0.25, 0.3) is 10.9 Å². The van der Waals surface area contributed by atoms with Crippen molar-refractivity contribution in [2.24, 2.45) is 0 Å². The average molecular weight is 435 g/mol. The van der Waals surface area contributed by atoms with Gasteiger partial charge in [0.1, 0.15) is 17.4 Å². The van der Waals surface area contributed by atoms with Crippen molar-refractivity contribution < 1.29 is 14.2 Å². The quantitative estimate of drug-likeness (QED) is 0.575. The van der Waals surface area contributed by atoms with Crippen LogP contribution in [0.4, 0.5) is 11.5 Å². The summed E-state index contributed by atoms with van der Waals surface area (Å²) in [6, 6.07) is 12.2. The zero-order chi connectivity index (χ0) is 22.1. The Morgan fingerprint density at radius 2 is 1.47 bits per heavy atom. The Morgan fingerprint density at radius 1 is 0.781 bits per heavy atom. The zero-order valence-corrected chi connectivity index (χ0v) is 19.0. The number of nitrogens with zero attached hydrogens (tertiary/aromatic N) is 4. The summed E-state index contributed by atoms with van der Waals surface area (Å²) < 4.78 is 16.7. The van der Waals surface area contributed by atoms with Crippen LogP contribution in [0.3, 0.4) is 0 Å². The van der Waals surface area contributed by atoms with Crippen molar-refractivity contribution in [2.45, 2.75) is 25.2 Å². The minimum atomic E-state index is 0.475. The topological polar surface area (TPSA) is 60.0 Å². The Morgan fingerprint density at radius 3 is 2.22 bits per heavy atom. The van der Waals surface area contributed by atoms with E-state index in [9.17, 15) is 0 Å². The predicted octanol–water partition coefficient (Wildman–Crippen LogP) is 4.25. The van der Waals surface area contributed by atoms with E-state index < -0.39 is 0 Å². The highest BCUT2D eigenvalue weighted by molar-refractivity contribution is 5.92. The molecule has 2 aromatic carbocycles. The molecule has 0 amide bonds. The van der Waals surface area contributed by atoms with E-state index >= 15 is 0 Å². The number of anilines is 2. The smallest absolute Gasteiger partial charge is 0.162 e. The molecule has 32 heavy (non-hydrogen) atoms. The standard InChI is InChI=1S/C25H30N4O3/c1-30-21-8-5-4-7-20(21)28-11-6-12-29(14-13-28)25-18-15-22(31-2)23(32-3)16-19(18)26-24(27-25)17-9-10-17/h4-5,7-8,15-17H,6,9-14H2,1-3H3. The van der Waals surface area contributed by atoms with Gasteiger partial charge in [-0.15, -0.1) is 0 Å². The molecule has 2 heterocycles. The first kappa shape index (κ1) is 20.7. The number of benzene rings is 2. The van der Waals surface area contributed by atoms with Crippen molar-refractivity contribution in [3.05, 3.63) is 42.2 Å². The molecular weight excluding hydrogens is 404 g/mol. The van der Waals surface area contributed by atoms with Gasteiger partial charge in [0, 0.05) is 43.5 Å². The van der Waals surface area contributed by atoms with Crippen molar-refractivity contribution in [3.8, 4) is 17.2 Å². The van der Waals surface area contributed by atoms with Gasteiger partial charge in [0.05, 0.1) is 32.5 Å². The summed E-state index contributed by atoms with van der Waals surface area (Å²) in [4.78, 5) is 14.8. The summed E-state index contributed by atoms with van der Waals surface area (Å²) in [6.45, 7) is 3.70. The lowest BCUT2D eigenvalue weighted by molar-refractivity contribution is 0.355. The molecule has 0 radical (unpaired) electrons. The molecule has 7 nitrogen and oxygen atoms in total. The van der Waals surface area contributed by atoms with E-state index in [1.165, 1.54) is 12.8 Å². The number of ether oxygens (including phenoxy) is 3. The third kappa shape index (κ3) is 3.87. The Labute approximate surface area is 188 Å². The third-order valence-corrected chi connectivity index (χ3v) is 6.36. The van der Waals surface area contributed by atoms with Crippen molar-refractivity contribution in [3.63, 3.8) is 0 Å². The Kier molecular flexibility index (Phi) is 5.64. The normalized spacial score (nSPS) is 16.7. The maximum absolute atomic E-state index is 5.60. The largest absolute Gasteiger partial charge is 0.495 e. The lowest BCUT2D eigenvalue weighted by Gasteiger charge is -2.26. The fourth-order valence-corrected chi connectivity index (χ4v) is 4.48. The van der Waals surface area contributed by atoms with Crippen LogP contribution in [0.2, 0.25) is 0 Å². The van der Waals surface area contributed by atoms with Crippen LogP contribution in [-0.4, -0.2) is 57.5 Å². The summed E-state index contributed by atoms with van der Waals surface area (Å²) in [6.07, 6.45) is 3.37. The number of aromatic nitrogens is 2. The van der Waals surface area contributed by atoms with E-state index in [0.29, 0.717) is 17.4 Å². The summed E-state index contributed by atoms with van der Waals surface area (Å²) in [7, 11) is 5.06. The van der Waals surface area contributed by atoms with Crippen LogP contribution in [0.15, 0.2) is 36.4 Å². The molecule has 168 valence electrons. The van der Waals surface area contributed by atoms with Gasteiger partial charge in [-0.05, 0) is 37.5 Å². The van der Waals surface area contributed by atoms with Gasteiger partial charge in [0.25, 0.3) is 0 Å². The molecule has 2 fully saturated rings. The first-order chi connectivity index (χ1) is 15.7. The number of hydrogen-bond acceptors (Lipinski definition) is 7. The molecule has 0 N–H and O–H groups in total. The molecule has 0 atom stereocenters. The van der Waals surface area contributed by atoms with Gasteiger partial charge >= 0.3 is 0 Å². The molecule has 5 rings (SSSR count). The molecule has 0 unspecified atom stereocenters. The Hall–Kier alpha value is -3.22. The number of hydrogen-bond donors (Lipinski definition) is 0. The van der Waals surface area contributed by atoms with E-state index in [4.69, 9.17) is 24.2 Å². The average Bonchev–Trinajstić information content (AvgIpc) is 3.70. The number of methoxy groups -OCH3 is 3. The van der Waals surface area contributed by atoms with Gasteiger partial charge in [-0.2, -0.15) is 0 Å². The zero-order valence-electron chi connectivity index (χ0n) is 19.0. The monoisotopic (exact) mass is 434 g/mol. The highest BCUT2D eigenvalue weighted by atomic mass is 16.5. The second-order valence-corrected chi connectivity index (χ2v) is 8.40. The van der Waals surface area contributed by atoms with E-state index in [1.54, 1.807) is 21.3 Å². The predicted molar refractivity (Wildman–Crippen MR) is 127 cm³/mol. The lowest BCUT2D eigenvalue weighted by Crippen LogP contribution is -2.31. The highest BCUT2D eigenvalue weighted by Gasteiger charge is 2.29. The Balaban J connectivity index is 1.50. The molecule has 1 aliphatic heterocycles. The van der Waals surface area contributed by atoms with Crippen LogP contribution in [0.5, 0.6) is 17.2 Å². The number of rotatable bonds is 6. The van der Waals surface area contributed by atoms with Crippen LogP contribution in [-0.2, 0) is 0 Å². The Bertz CT molecular complexity index is 1120. The summed E-state index contributed by atoms with van der Waals surface area (Å²) >= 11 is 0. The molecule has 0 bridgehead atoms. The SMILES string of the molecule is COc1cc2nc(C3CC3)nc(N3CCCN(c4ccccc4OC)CC3)c2cc1OC. The molecule has 1 aliphatic carbocycles. The van der Waals surface area contributed by atoms with Gasteiger partial charge in [-0.25, -0.2) is 9.97 Å². The van der Waals surface area contributed by atoms with Crippen LogP contribution >= 0.6 is 0 Å². The fourth-order valence-electron chi connectivity index (χ4n) is 4.48. The van der Waals surface area contributed by atoms with E-state index in [0.717, 1.165) is 66.6 Å². The van der Waals surface area contributed by atoms with E-state index in [2.05, 4.69) is 21.9 Å². The number of fused-ring (bicyclic) bond motifs is 1. The fraction of sp³-hybridized carbons (Fsp3) is 0.440. The second-order valence-electron chi connectivity index (χ2n) is 8.40. The van der Waals surface area contributed by atoms with Crippen LogP contribution in [0, 0.1) is 0 Å². The van der Waals surface area contributed by atoms with E-state index in [1.807, 2.05) is 24.3 Å². The summed E-state index contributed by atoms with van der Waals surface area (Å²) in [5.74, 6) is 4.74. The van der Waals surface area contributed by atoms with Crippen LogP contribution < -0.4 is 24.0 Å². The maximum atomic E-state index is 5.60. The van der Waals surface area contributed by atoms with E-state index in [-0.39, 0.29) is 0 Å². The third-order valence-electron chi connectivity index (χ3n) is 6.36. The molecule has 1 saturated carbocycles. The molecule has 0 spiro atoms. The van der Waals surface area contributed by atoms with Crippen molar-refractivity contribution in [1.29, 1.82) is 0 Å². The van der Waals surface area contributed by atoms with Crippen LogP contribution in [0.1, 0.15) is 31.0 Å². The van der Waals surface area contributed by atoms with Crippen molar-refractivity contribution >= 4 is 22.4 Å².